The van der Waals surface area contributed by atoms with E-state index in [9.17, 15) is 13.2 Å². The van der Waals surface area contributed by atoms with E-state index in [2.05, 4.69) is 33.2 Å². The fraction of sp³-hybridized carbons (Fsp3) is 0.562. The maximum atomic E-state index is 10.6. The van der Waals surface area contributed by atoms with Crippen LogP contribution in [0.25, 0.3) is 0 Å². The van der Waals surface area contributed by atoms with Crippen molar-refractivity contribution in [3.8, 4) is 0 Å². The number of nitrogens with one attached hydrogen (secondary N) is 1. The summed E-state index contributed by atoms with van der Waals surface area (Å²) in [6, 6.07) is 3.03. The van der Waals surface area contributed by atoms with Crippen molar-refractivity contribution in [2.24, 2.45) is 0 Å². The van der Waals surface area contributed by atoms with Crippen molar-refractivity contribution in [1.82, 2.24) is 20.1 Å². The first-order chi connectivity index (χ1) is 12.3. The van der Waals surface area contributed by atoms with E-state index in [1.807, 2.05) is 17.8 Å². The minimum Gasteiger partial charge on any atom is -0.475 e. The van der Waals surface area contributed by atoms with Gasteiger partial charge >= 0.3 is 12.1 Å². The van der Waals surface area contributed by atoms with Crippen molar-refractivity contribution in [2.75, 3.05) is 0 Å². The van der Waals surface area contributed by atoms with Gasteiger partial charge in [0.25, 0.3) is 0 Å². The molecule has 3 rings (SSSR count). The Kier molecular flexibility index (Phi) is 7.15. The highest BCUT2D eigenvalue weighted by molar-refractivity contribution is 7.09. The molecule has 2 unspecified atom stereocenters. The van der Waals surface area contributed by atoms with Gasteiger partial charge in [-0.15, -0.1) is 11.3 Å². The van der Waals surface area contributed by atoms with Gasteiger partial charge in [0, 0.05) is 29.9 Å². The second-order valence-electron chi connectivity index (χ2n) is 5.99. The van der Waals surface area contributed by atoms with Crippen LogP contribution in [-0.2, 0) is 11.3 Å². The van der Waals surface area contributed by atoms with Crippen molar-refractivity contribution >= 4 is 17.3 Å². The van der Waals surface area contributed by atoms with Gasteiger partial charge < -0.3 is 10.4 Å². The third kappa shape index (κ3) is 5.80. The van der Waals surface area contributed by atoms with Crippen LogP contribution >= 0.6 is 11.3 Å². The van der Waals surface area contributed by atoms with E-state index >= 15 is 0 Å². The van der Waals surface area contributed by atoms with E-state index in [4.69, 9.17) is 9.90 Å². The molecule has 0 spiro atoms. The monoisotopic (exact) mass is 390 g/mol. The van der Waals surface area contributed by atoms with E-state index in [-0.39, 0.29) is 0 Å². The van der Waals surface area contributed by atoms with Crippen molar-refractivity contribution in [3.63, 3.8) is 0 Å². The zero-order chi connectivity index (χ0) is 19.2. The van der Waals surface area contributed by atoms with Gasteiger partial charge in [-0.1, -0.05) is 12.8 Å². The van der Waals surface area contributed by atoms with Gasteiger partial charge in [-0.25, -0.2) is 9.78 Å². The Morgan fingerprint density at radius 1 is 1.42 bits per heavy atom. The molecule has 144 valence electrons. The van der Waals surface area contributed by atoms with Gasteiger partial charge in [0.15, 0.2) is 0 Å². The highest BCUT2D eigenvalue weighted by Crippen LogP contribution is 2.28. The lowest BCUT2D eigenvalue weighted by molar-refractivity contribution is -0.192. The summed E-state index contributed by atoms with van der Waals surface area (Å²) in [5.74, 6) is -2.76. The van der Waals surface area contributed by atoms with E-state index in [1.165, 1.54) is 30.6 Å². The number of hydrogen-bond donors (Lipinski definition) is 2. The summed E-state index contributed by atoms with van der Waals surface area (Å²) < 4.78 is 33.9. The van der Waals surface area contributed by atoms with Gasteiger partial charge in [0.1, 0.15) is 0 Å². The van der Waals surface area contributed by atoms with Crippen LogP contribution in [0.3, 0.4) is 0 Å². The van der Waals surface area contributed by atoms with Crippen molar-refractivity contribution in [3.05, 3.63) is 34.5 Å². The third-order valence-corrected chi connectivity index (χ3v) is 5.14. The molecule has 0 aliphatic heterocycles. The van der Waals surface area contributed by atoms with Crippen LogP contribution in [0.2, 0.25) is 0 Å². The number of aryl methyl sites for hydroxylation is 1. The molecule has 1 aliphatic carbocycles. The Hall–Kier alpha value is -1.94. The Morgan fingerprint density at radius 2 is 2.12 bits per heavy atom. The summed E-state index contributed by atoms with van der Waals surface area (Å²) in [5, 5.41) is 15.3. The van der Waals surface area contributed by atoms with Crippen LogP contribution in [0.15, 0.2) is 24.0 Å². The molecule has 0 radical (unpaired) electrons. The number of rotatable bonds is 4. The SMILES string of the molecule is Cc1ncsc1CNC1CCCCC1n1cccn1.O=C(O)C(F)(F)F. The summed E-state index contributed by atoms with van der Waals surface area (Å²) in [5.41, 5.74) is 3.09. The van der Waals surface area contributed by atoms with E-state index in [0.717, 1.165) is 12.2 Å². The van der Waals surface area contributed by atoms with E-state index in [1.54, 1.807) is 11.3 Å². The summed E-state index contributed by atoms with van der Waals surface area (Å²) in [6.45, 7) is 3.01. The Labute approximate surface area is 153 Å². The van der Waals surface area contributed by atoms with Crippen molar-refractivity contribution in [2.45, 2.75) is 57.4 Å². The van der Waals surface area contributed by atoms with Gasteiger partial charge in [-0.05, 0) is 25.8 Å². The molecule has 10 heteroatoms. The van der Waals surface area contributed by atoms with Crippen LogP contribution in [-0.4, -0.2) is 38.1 Å². The minimum atomic E-state index is -5.08. The van der Waals surface area contributed by atoms with Crippen LogP contribution in [0, 0.1) is 6.92 Å². The first-order valence-electron chi connectivity index (χ1n) is 8.20. The Bertz CT molecular complexity index is 688. The maximum absolute atomic E-state index is 10.6. The predicted molar refractivity (Wildman–Crippen MR) is 90.9 cm³/mol. The lowest BCUT2D eigenvalue weighted by Gasteiger charge is -2.32. The molecule has 1 aliphatic rings. The number of hydrogen-bond acceptors (Lipinski definition) is 5. The number of halogens is 3. The first-order valence-corrected chi connectivity index (χ1v) is 9.08. The lowest BCUT2D eigenvalue weighted by atomic mass is 9.90. The highest BCUT2D eigenvalue weighted by atomic mass is 32.1. The normalized spacial score (nSPS) is 20.3. The zero-order valence-electron chi connectivity index (χ0n) is 14.2. The van der Waals surface area contributed by atoms with Crippen LogP contribution in [0.1, 0.15) is 42.3 Å². The third-order valence-electron chi connectivity index (χ3n) is 4.21. The molecule has 0 saturated heterocycles. The number of carboxylic acids is 1. The number of carboxylic acid groups (broad SMARTS) is 1. The van der Waals surface area contributed by atoms with E-state index < -0.39 is 12.1 Å². The van der Waals surface area contributed by atoms with E-state index in [0.29, 0.717) is 12.1 Å². The molecule has 0 bridgehead atoms. The molecule has 1 fully saturated rings. The Balaban J connectivity index is 0.000000298. The van der Waals surface area contributed by atoms with Gasteiger partial charge in [-0.3, -0.25) is 4.68 Å². The quantitative estimate of drug-likeness (QED) is 0.835. The molecular weight excluding hydrogens is 369 g/mol. The number of nitrogens with zero attached hydrogens (tertiary/aromatic N) is 3. The predicted octanol–water partition coefficient (Wildman–Crippen LogP) is 3.55. The summed E-state index contributed by atoms with van der Waals surface area (Å²) in [7, 11) is 0. The van der Waals surface area contributed by atoms with Gasteiger partial charge in [0.2, 0.25) is 0 Å². The Morgan fingerprint density at radius 3 is 2.65 bits per heavy atom. The maximum Gasteiger partial charge on any atom is 0.490 e. The van der Waals surface area contributed by atoms with Crippen LogP contribution in [0.5, 0.6) is 0 Å². The second-order valence-corrected chi connectivity index (χ2v) is 6.93. The standard InChI is InChI=1S/C14H20N4S.C2HF3O2/c1-11-14(19-10-16-11)9-15-12-5-2-3-6-13(12)18-8-4-7-17-18;3-2(4,5)1(6)7/h4,7-8,10,12-13,15H,2-3,5-6,9H2,1H3;(H,6,7). The smallest absolute Gasteiger partial charge is 0.475 e. The molecule has 1 saturated carbocycles. The average molecular weight is 390 g/mol. The second kappa shape index (κ2) is 9.13. The number of carbonyl (C=O) groups is 1. The largest absolute Gasteiger partial charge is 0.490 e. The topological polar surface area (TPSA) is 80.0 Å². The fourth-order valence-corrected chi connectivity index (χ4v) is 3.59. The highest BCUT2D eigenvalue weighted by Gasteiger charge is 2.38. The molecule has 0 amide bonds. The van der Waals surface area contributed by atoms with Crippen molar-refractivity contribution in [1.29, 1.82) is 0 Å². The molecule has 0 aromatic carbocycles. The average Bonchev–Trinajstić information content (AvgIpc) is 3.25. The molecule has 2 aromatic heterocycles. The molecule has 2 N–H and O–H groups in total. The first kappa shape index (κ1) is 20.4. The summed E-state index contributed by atoms with van der Waals surface area (Å²) in [4.78, 5) is 14.6. The fourth-order valence-electron chi connectivity index (χ4n) is 2.86. The number of alkyl halides is 3. The molecule has 2 atom stereocenters. The van der Waals surface area contributed by atoms with Crippen LogP contribution in [0.4, 0.5) is 13.2 Å². The molecule has 2 aromatic rings. The van der Waals surface area contributed by atoms with Gasteiger partial charge in [-0.2, -0.15) is 18.3 Å². The van der Waals surface area contributed by atoms with Gasteiger partial charge in [0.05, 0.1) is 17.2 Å². The van der Waals surface area contributed by atoms with Crippen LogP contribution < -0.4 is 5.32 Å². The summed E-state index contributed by atoms with van der Waals surface area (Å²) in [6.07, 6.45) is 3.96. The van der Waals surface area contributed by atoms with Crippen molar-refractivity contribution < 1.29 is 23.1 Å². The minimum absolute atomic E-state index is 0.497. The number of aliphatic carboxylic acids is 1. The summed E-state index contributed by atoms with van der Waals surface area (Å²) >= 11 is 1.74. The molecular formula is C16H21F3N4O2S. The number of aromatic nitrogens is 3. The zero-order valence-corrected chi connectivity index (χ0v) is 15.1. The lowest BCUT2D eigenvalue weighted by Crippen LogP contribution is -2.39. The molecule has 6 nitrogen and oxygen atoms in total. The molecule has 26 heavy (non-hydrogen) atoms. The molecule has 2 heterocycles. The number of thiazole rings is 1.